The highest BCUT2D eigenvalue weighted by molar-refractivity contribution is 6.31. The van der Waals surface area contributed by atoms with E-state index in [9.17, 15) is 5.11 Å². The van der Waals surface area contributed by atoms with Crippen molar-refractivity contribution in [2.75, 3.05) is 6.61 Å². The maximum Gasteiger partial charge on any atom is 0.0822 e. The molecule has 0 aromatic heterocycles. The third-order valence-electron chi connectivity index (χ3n) is 1.80. The summed E-state index contributed by atoms with van der Waals surface area (Å²) in [7, 11) is 0. The third-order valence-corrected chi connectivity index (χ3v) is 2.17. The quantitative estimate of drug-likeness (QED) is 0.640. The first kappa shape index (κ1) is 9.56. The van der Waals surface area contributed by atoms with Crippen molar-refractivity contribution in [3.8, 4) is 0 Å². The van der Waals surface area contributed by atoms with E-state index in [2.05, 4.69) is 0 Å². The lowest BCUT2D eigenvalue weighted by molar-refractivity contribution is 0.187. The van der Waals surface area contributed by atoms with Crippen molar-refractivity contribution < 1.29 is 5.11 Å². The van der Waals surface area contributed by atoms with Crippen LogP contribution < -0.4 is 0 Å². The van der Waals surface area contributed by atoms with E-state index < -0.39 is 0 Å². The summed E-state index contributed by atoms with van der Waals surface area (Å²) in [5.41, 5.74) is 1.15. The Morgan fingerprint density at radius 2 is 1.92 bits per heavy atom. The highest BCUT2D eigenvalue weighted by Crippen LogP contribution is 2.16. The SMILES string of the molecule is [O]CCCCc1ccccc1Cl. The molecule has 0 aliphatic heterocycles. The van der Waals surface area contributed by atoms with Crippen LogP contribution in [0.15, 0.2) is 24.3 Å². The zero-order chi connectivity index (χ0) is 8.81. The van der Waals surface area contributed by atoms with Gasteiger partial charge in [0.1, 0.15) is 0 Å². The summed E-state index contributed by atoms with van der Waals surface area (Å²) in [4.78, 5) is 0. The summed E-state index contributed by atoms with van der Waals surface area (Å²) in [6, 6.07) is 7.78. The molecule has 0 saturated carbocycles. The fourth-order valence-electron chi connectivity index (χ4n) is 1.12. The molecule has 0 spiro atoms. The van der Waals surface area contributed by atoms with Crippen LogP contribution in [0.25, 0.3) is 0 Å². The van der Waals surface area contributed by atoms with E-state index in [-0.39, 0.29) is 6.61 Å². The second-order valence-electron chi connectivity index (χ2n) is 2.75. The molecule has 0 bridgehead atoms. The summed E-state index contributed by atoms with van der Waals surface area (Å²) >= 11 is 5.93. The topological polar surface area (TPSA) is 19.9 Å². The summed E-state index contributed by atoms with van der Waals surface area (Å²) < 4.78 is 0. The van der Waals surface area contributed by atoms with Gasteiger partial charge in [0, 0.05) is 5.02 Å². The summed E-state index contributed by atoms with van der Waals surface area (Å²) in [6.07, 6.45) is 2.60. The largest absolute Gasteiger partial charge is 0.237 e. The van der Waals surface area contributed by atoms with Crippen LogP contribution in [0.3, 0.4) is 0 Å². The average molecular weight is 184 g/mol. The van der Waals surface area contributed by atoms with Crippen LogP contribution in [0.1, 0.15) is 18.4 Å². The van der Waals surface area contributed by atoms with Crippen LogP contribution in [0, 0.1) is 0 Å². The van der Waals surface area contributed by atoms with Crippen molar-refractivity contribution in [3.63, 3.8) is 0 Å². The highest BCUT2D eigenvalue weighted by atomic mass is 35.5. The minimum atomic E-state index is 0.0183. The Kier molecular flexibility index (Phi) is 4.12. The molecule has 0 aliphatic rings. The van der Waals surface area contributed by atoms with Gasteiger partial charge in [-0.3, -0.25) is 0 Å². The molecule has 0 N–H and O–H groups in total. The Balaban J connectivity index is 2.46. The number of rotatable bonds is 4. The Morgan fingerprint density at radius 3 is 2.58 bits per heavy atom. The van der Waals surface area contributed by atoms with E-state index in [4.69, 9.17) is 11.6 Å². The minimum absolute atomic E-state index is 0.0183. The van der Waals surface area contributed by atoms with Crippen LogP contribution in [-0.2, 0) is 11.5 Å². The number of halogens is 1. The van der Waals surface area contributed by atoms with Gasteiger partial charge in [0.2, 0.25) is 0 Å². The molecule has 65 valence electrons. The zero-order valence-corrected chi connectivity index (χ0v) is 7.68. The molecule has 1 aromatic rings. The normalized spacial score (nSPS) is 10.2. The molecule has 0 atom stereocenters. The van der Waals surface area contributed by atoms with E-state index in [1.165, 1.54) is 0 Å². The monoisotopic (exact) mass is 183 g/mol. The number of hydrogen-bond donors (Lipinski definition) is 0. The van der Waals surface area contributed by atoms with Gasteiger partial charge in [-0.05, 0) is 30.9 Å². The van der Waals surface area contributed by atoms with Gasteiger partial charge in [0.25, 0.3) is 0 Å². The highest BCUT2D eigenvalue weighted by Gasteiger charge is 1.97. The van der Waals surface area contributed by atoms with E-state index in [0.717, 1.165) is 29.8 Å². The number of hydrogen-bond acceptors (Lipinski definition) is 0. The molecular formula is C10H12ClO. The molecule has 0 saturated heterocycles. The van der Waals surface area contributed by atoms with Gasteiger partial charge in [0.05, 0.1) is 6.61 Å². The van der Waals surface area contributed by atoms with Gasteiger partial charge in [-0.2, -0.15) is 0 Å². The van der Waals surface area contributed by atoms with E-state index >= 15 is 0 Å². The van der Waals surface area contributed by atoms with Crippen molar-refractivity contribution in [2.45, 2.75) is 19.3 Å². The zero-order valence-electron chi connectivity index (χ0n) is 6.92. The Hall–Kier alpha value is -0.530. The lowest BCUT2D eigenvalue weighted by atomic mass is 10.1. The molecule has 1 radical (unpaired) electrons. The predicted molar refractivity (Wildman–Crippen MR) is 49.9 cm³/mol. The van der Waals surface area contributed by atoms with Crippen molar-refractivity contribution in [2.24, 2.45) is 0 Å². The molecule has 2 heteroatoms. The predicted octanol–water partition coefficient (Wildman–Crippen LogP) is 3.09. The molecule has 0 aliphatic carbocycles. The molecule has 0 fully saturated rings. The summed E-state index contributed by atoms with van der Waals surface area (Å²) in [5.74, 6) is 0. The fraction of sp³-hybridized carbons (Fsp3) is 0.400. The number of unbranched alkanes of at least 4 members (excludes halogenated alkanes) is 1. The van der Waals surface area contributed by atoms with Crippen LogP contribution in [0.2, 0.25) is 5.02 Å². The first-order chi connectivity index (χ1) is 5.84. The Morgan fingerprint density at radius 1 is 1.17 bits per heavy atom. The average Bonchev–Trinajstić information content (AvgIpc) is 2.09. The van der Waals surface area contributed by atoms with Gasteiger partial charge in [-0.15, -0.1) is 0 Å². The van der Waals surface area contributed by atoms with Crippen LogP contribution in [0.5, 0.6) is 0 Å². The van der Waals surface area contributed by atoms with Gasteiger partial charge >= 0.3 is 0 Å². The number of aryl methyl sites for hydroxylation is 1. The van der Waals surface area contributed by atoms with E-state index in [1.807, 2.05) is 24.3 Å². The first-order valence-electron chi connectivity index (χ1n) is 4.16. The standard InChI is InChI=1S/C10H12ClO/c11-10-7-2-1-5-9(10)6-3-4-8-12/h1-2,5,7H,3-4,6,8H2. The van der Waals surface area contributed by atoms with Crippen molar-refractivity contribution >= 4 is 11.6 Å². The van der Waals surface area contributed by atoms with Gasteiger partial charge < -0.3 is 0 Å². The smallest absolute Gasteiger partial charge is 0.0822 e. The van der Waals surface area contributed by atoms with Crippen LogP contribution >= 0.6 is 11.6 Å². The second kappa shape index (κ2) is 5.18. The minimum Gasteiger partial charge on any atom is -0.237 e. The molecule has 1 rings (SSSR count). The van der Waals surface area contributed by atoms with Crippen molar-refractivity contribution in [3.05, 3.63) is 34.9 Å². The molecule has 0 amide bonds. The molecule has 12 heavy (non-hydrogen) atoms. The van der Waals surface area contributed by atoms with E-state index in [0.29, 0.717) is 0 Å². The van der Waals surface area contributed by atoms with Crippen molar-refractivity contribution in [1.29, 1.82) is 0 Å². The second-order valence-corrected chi connectivity index (χ2v) is 3.16. The van der Waals surface area contributed by atoms with Gasteiger partial charge in [-0.1, -0.05) is 29.8 Å². The lowest BCUT2D eigenvalue weighted by Crippen LogP contribution is -1.88. The molecule has 0 heterocycles. The summed E-state index contributed by atoms with van der Waals surface area (Å²) in [6.45, 7) is 0.0183. The van der Waals surface area contributed by atoms with Crippen LogP contribution in [0.4, 0.5) is 0 Å². The maximum atomic E-state index is 10.2. The molecular weight excluding hydrogens is 172 g/mol. The Bertz CT molecular complexity index is 235. The van der Waals surface area contributed by atoms with Crippen molar-refractivity contribution in [1.82, 2.24) is 0 Å². The Labute approximate surface area is 78.0 Å². The first-order valence-corrected chi connectivity index (χ1v) is 4.54. The third kappa shape index (κ3) is 2.84. The van der Waals surface area contributed by atoms with Gasteiger partial charge in [-0.25, -0.2) is 5.11 Å². The number of benzene rings is 1. The maximum absolute atomic E-state index is 10.2. The molecule has 0 unspecified atom stereocenters. The summed E-state index contributed by atoms with van der Waals surface area (Å²) in [5, 5.41) is 11.0. The lowest BCUT2D eigenvalue weighted by Gasteiger charge is -2.01. The van der Waals surface area contributed by atoms with Crippen LogP contribution in [-0.4, -0.2) is 6.61 Å². The van der Waals surface area contributed by atoms with E-state index in [1.54, 1.807) is 0 Å². The fourth-order valence-corrected chi connectivity index (χ4v) is 1.35. The molecule has 1 nitrogen and oxygen atoms in total. The van der Waals surface area contributed by atoms with Gasteiger partial charge in [0.15, 0.2) is 0 Å². The molecule has 1 aromatic carbocycles.